The van der Waals surface area contributed by atoms with E-state index in [9.17, 15) is 4.39 Å². The summed E-state index contributed by atoms with van der Waals surface area (Å²) in [6.07, 6.45) is 3.65. The van der Waals surface area contributed by atoms with Crippen molar-refractivity contribution in [2.45, 2.75) is 46.1 Å². The summed E-state index contributed by atoms with van der Waals surface area (Å²) < 4.78 is 14.3. The molecule has 0 spiro atoms. The van der Waals surface area contributed by atoms with E-state index in [1.807, 2.05) is 6.07 Å². The fourth-order valence-corrected chi connectivity index (χ4v) is 3.93. The first-order valence-corrected chi connectivity index (χ1v) is 8.38. The van der Waals surface area contributed by atoms with Gasteiger partial charge in [0.05, 0.1) is 0 Å². The fraction of sp³-hybridized carbons (Fsp3) is 0.529. The molecule has 1 aromatic heterocycles. The molecule has 1 N–H and O–H groups in total. The number of halogens is 1. The highest BCUT2D eigenvalue weighted by molar-refractivity contribution is 7.19. The quantitative estimate of drug-likeness (QED) is 0.709. The Morgan fingerprint density at radius 2 is 2.05 bits per heavy atom. The van der Waals surface area contributed by atoms with Crippen LogP contribution in [0.25, 0.3) is 10.1 Å². The van der Waals surface area contributed by atoms with E-state index < -0.39 is 0 Å². The van der Waals surface area contributed by atoms with Gasteiger partial charge in [0.15, 0.2) is 0 Å². The highest BCUT2D eigenvalue weighted by Crippen LogP contribution is 2.33. The molecule has 0 saturated carbocycles. The van der Waals surface area contributed by atoms with Gasteiger partial charge in [0.25, 0.3) is 0 Å². The van der Waals surface area contributed by atoms with Crippen LogP contribution in [-0.2, 0) is 0 Å². The summed E-state index contributed by atoms with van der Waals surface area (Å²) in [6.45, 7) is 7.67. The second kappa shape index (κ2) is 7.19. The molecule has 2 atom stereocenters. The molecule has 0 aliphatic heterocycles. The van der Waals surface area contributed by atoms with E-state index in [2.05, 4.69) is 32.2 Å². The van der Waals surface area contributed by atoms with Gasteiger partial charge in [-0.2, -0.15) is 0 Å². The lowest BCUT2D eigenvalue weighted by Crippen LogP contribution is -2.22. The Morgan fingerprint density at radius 1 is 1.25 bits per heavy atom. The molecule has 2 unspecified atom stereocenters. The number of nitrogens with one attached hydrogen (secondary N) is 1. The van der Waals surface area contributed by atoms with Crippen LogP contribution in [0.4, 0.5) is 4.39 Å². The monoisotopic (exact) mass is 293 g/mol. The summed E-state index contributed by atoms with van der Waals surface area (Å²) in [4.78, 5) is 1.33. The maximum atomic E-state index is 13.3. The molecule has 0 aliphatic rings. The molecule has 1 aromatic carbocycles. The lowest BCUT2D eigenvalue weighted by atomic mass is 9.96. The summed E-state index contributed by atoms with van der Waals surface area (Å²) in [5.74, 6) is 0.566. The fourth-order valence-electron chi connectivity index (χ4n) is 2.76. The normalized spacial score (nSPS) is 14.6. The number of fused-ring (bicyclic) bond motifs is 1. The van der Waals surface area contributed by atoms with Gasteiger partial charge in [-0.25, -0.2) is 4.39 Å². The average molecular weight is 293 g/mol. The van der Waals surface area contributed by atoms with E-state index in [4.69, 9.17) is 0 Å². The second-order valence-electron chi connectivity index (χ2n) is 5.57. The maximum absolute atomic E-state index is 13.3. The van der Waals surface area contributed by atoms with Crippen molar-refractivity contribution >= 4 is 21.4 Å². The highest BCUT2D eigenvalue weighted by Gasteiger charge is 2.16. The molecule has 1 heterocycles. The minimum atomic E-state index is -0.148. The molecule has 0 fully saturated rings. The Balaban J connectivity index is 2.21. The molecular formula is C17H24FNS. The van der Waals surface area contributed by atoms with Crippen molar-refractivity contribution in [2.75, 3.05) is 6.54 Å². The van der Waals surface area contributed by atoms with Gasteiger partial charge in [-0.1, -0.05) is 39.7 Å². The summed E-state index contributed by atoms with van der Waals surface area (Å²) in [5, 5.41) is 4.73. The van der Waals surface area contributed by atoms with Crippen LogP contribution in [0.2, 0.25) is 0 Å². The van der Waals surface area contributed by atoms with Crippen molar-refractivity contribution < 1.29 is 4.39 Å². The van der Waals surface area contributed by atoms with E-state index in [1.54, 1.807) is 23.5 Å². The molecule has 2 rings (SSSR count). The standard InChI is InChI=1S/C17H24FNS/c1-4-6-12(3)9-15(19-5-2)17-10-13-7-8-14(18)11-16(13)20-17/h7-8,10-12,15,19H,4-6,9H2,1-3H3. The van der Waals surface area contributed by atoms with Crippen LogP contribution < -0.4 is 5.32 Å². The molecular weight excluding hydrogens is 269 g/mol. The van der Waals surface area contributed by atoms with Crippen LogP contribution >= 0.6 is 11.3 Å². The zero-order chi connectivity index (χ0) is 14.5. The lowest BCUT2D eigenvalue weighted by molar-refractivity contribution is 0.399. The molecule has 20 heavy (non-hydrogen) atoms. The van der Waals surface area contributed by atoms with Gasteiger partial charge in [-0.05, 0) is 42.5 Å². The number of benzene rings is 1. The molecule has 1 nitrogen and oxygen atoms in total. The van der Waals surface area contributed by atoms with Crippen LogP contribution in [0.3, 0.4) is 0 Å². The molecule has 3 heteroatoms. The zero-order valence-corrected chi connectivity index (χ0v) is 13.4. The molecule has 0 saturated heterocycles. The zero-order valence-electron chi connectivity index (χ0n) is 12.6. The van der Waals surface area contributed by atoms with Crippen LogP contribution in [0.5, 0.6) is 0 Å². The Bertz CT molecular complexity index is 549. The predicted molar refractivity (Wildman–Crippen MR) is 86.9 cm³/mol. The van der Waals surface area contributed by atoms with Gasteiger partial charge in [0.2, 0.25) is 0 Å². The third-order valence-corrected chi connectivity index (χ3v) is 4.93. The van der Waals surface area contributed by atoms with Crippen molar-refractivity contribution in [3.05, 3.63) is 35.0 Å². The highest BCUT2D eigenvalue weighted by atomic mass is 32.1. The van der Waals surface area contributed by atoms with Gasteiger partial charge >= 0.3 is 0 Å². The van der Waals surface area contributed by atoms with Crippen molar-refractivity contribution in [1.29, 1.82) is 0 Å². The molecule has 0 bridgehead atoms. The van der Waals surface area contributed by atoms with E-state index in [0.29, 0.717) is 12.0 Å². The molecule has 0 aliphatic carbocycles. The smallest absolute Gasteiger partial charge is 0.124 e. The van der Waals surface area contributed by atoms with Crippen molar-refractivity contribution in [3.63, 3.8) is 0 Å². The SMILES string of the molecule is CCCC(C)CC(NCC)c1cc2ccc(F)cc2s1. The van der Waals surface area contributed by atoms with Gasteiger partial charge in [-0.3, -0.25) is 0 Å². The molecule has 110 valence electrons. The lowest BCUT2D eigenvalue weighted by Gasteiger charge is -2.20. The van der Waals surface area contributed by atoms with Crippen LogP contribution in [0.1, 0.15) is 51.0 Å². The van der Waals surface area contributed by atoms with E-state index in [-0.39, 0.29) is 5.82 Å². The Hall–Kier alpha value is -0.930. The van der Waals surface area contributed by atoms with Gasteiger partial charge < -0.3 is 5.32 Å². The second-order valence-corrected chi connectivity index (χ2v) is 6.69. The minimum Gasteiger partial charge on any atom is -0.310 e. The first-order valence-electron chi connectivity index (χ1n) is 7.56. The van der Waals surface area contributed by atoms with Crippen molar-refractivity contribution in [2.24, 2.45) is 5.92 Å². The Morgan fingerprint density at radius 3 is 2.75 bits per heavy atom. The van der Waals surface area contributed by atoms with Crippen LogP contribution in [0.15, 0.2) is 24.3 Å². The first-order chi connectivity index (χ1) is 9.63. The largest absolute Gasteiger partial charge is 0.310 e. The summed E-state index contributed by atoms with van der Waals surface area (Å²) in [7, 11) is 0. The van der Waals surface area contributed by atoms with Gasteiger partial charge in [0.1, 0.15) is 5.82 Å². The number of hydrogen-bond donors (Lipinski definition) is 1. The first kappa shape index (κ1) is 15.5. The topological polar surface area (TPSA) is 12.0 Å². The summed E-state index contributed by atoms with van der Waals surface area (Å²) in [5.41, 5.74) is 0. The Kier molecular flexibility index (Phi) is 5.55. The summed E-state index contributed by atoms with van der Waals surface area (Å²) >= 11 is 1.72. The van der Waals surface area contributed by atoms with Crippen molar-refractivity contribution in [3.8, 4) is 0 Å². The molecule has 2 aromatic rings. The van der Waals surface area contributed by atoms with Crippen molar-refractivity contribution in [1.82, 2.24) is 5.32 Å². The third-order valence-electron chi connectivity index (χ3n) is 3.71. The predicted octanol–water partition coefficient (Wildman–Crippen LogP) is 5.52. The molecule has 0 amide bonds. The number of thiophene rings is 1. The molecule has 0 radical (unpaired) electrons. The minimum absolute atomic E-state index is 0.148. The number of rotatable bonds is 7. The van der Waals surface area contributed by atoms with E-state index in [0.717, 1.165) is 23.1 Å². The third kappa shape index (κ3) is 3.80. The van der Waals surface area contributed by atoms with Gasteiger partial charge in [-0.15, -0.1) is 11.3 Å². The maximum Gasteiger partial charge on any atom is 0.124 e. The average Bonchev–Trinajstić information content (AvgIpc) is 2.81. The van der Waals surface area contributed by atoms with Gasteiger partial charge in [0, 0.05) is 15.6 Å². The van der Waals surface area contributed by atoms with Crippen LogP contribution in [-0.4, -0.2) is 6.54 Å². The summed E-state index contributed by atoms with van der Waals surface area (Å²) in [6, 6.07) is 7.67. The van der Waals surface area contributed by atoms with E-state index in [1.165, 1.54) is 17.7 Å². The number of hydrogen-bond acceptors (Lipinski definition) is 2. The van der Waals surface area contributed by atoms with E-state index >= 15 is 0 Å². The van der Waals surface area contributed by atoms with Crippen LogP contribution in [0, 0.1) is 11.7 Å². The Labute approximate surface area is 125 Å².